The maximum absolute atomic E-state index is 13.3. The molecule has 1 unspecified atom stereocenters. The third kappa shape index (κ3) is 5.55. The van der Waals surface area contributed by atoms with Gasteiger partial charge in [-0.25, -0.2) is 4.39 Å². The highest BCUT2D eigenvalue weighted by Gasteiger charge is 2.31. The van der Waals surface area contributed by atoms with Crippen molar-refractivity contribution in [1.29, 1.82) is 0 Å². The fraction of sp³-hybridized carbons (Fsp3) is 0.174. The molecule has 0 saturated heterocycles. The van der Waals surface area contributed by atoms with Crippen LogP contribution in [0.3, 0.4) is 0 Å². The van der Waals surface area contributed by atoms with Gasteiger partial charge in [-0.3, -0.25) is 4.79 Å². The van der Waals surface area contributed by atoms with Crippen molar-refractivity contribution < 1.29 is 31.8 Å². The molecule has 0 bridgehead atoms. The van der Waals surface area contributed by atoms with Crippen LogP contribution in [0.25, 0.3) is 11.1 Å². The van der Waals surface area contributed by atoms with Crippen LogP contribution in [0.2, 0.25) is 5.02 Å². The molecule has 0 radical (unpaired) electrons. The molecule has 162 valence electrons. The highest BCUT2D eigenvalue weighted by atomic mass is 35.5. The fourth-order valence-electron chi connectivity index (χ4n) is 2.69. The van der Waals surface area contributed by atoms with Gasteiger partial charge in [-0.2, -0.15) is 13.2 Å². The van der Waals surface area contributed by atoms with Crippen LogP contribution in [0.4, 0.5) is 17.6 Å². The number of halogens is 5. The second kappa shape index (κ2) is 8.98. The van der Waals surface area contributed by atoms with E-state index >= 15 is 0 Å². The summed E-state index contributed by atoms with van der Waals surface area (Å²) in [4.78, 5) is 11.7. The molecule has 0 spiro atoms. The molecule has 0 amide bonds. The number of Topliss-reactive ketones (excluding diaryl/α,β-unsaturated/α-hetero) is 1. The lowest BCUT2D eigenvalue weighted by atomic mass is 10.0. The molecule has 3 nitrogen and oxygen atoms in total. The van der Waals surface area contributed by atoms with Crippen molar-refractivity contribution in [3.8, 4) is 28.4 Å². The van der Waals surface area contributed by atoms with E-state index in [4.69, 9.17) is 21.1 Å². The molecule has 0 fully saturated rings. The predicted molar refractivity (Wildman–Crippen MR) is 109 cm³/mol. The summed E-state index contributed by atoms with van der Waals surface area (Å²) in [6.07, 6.45) is -5.29. The smallest absolute Gasteiger partial charge is 0.416 e. The maximum Gasteiger partial charge on any atom is 0.416 e. The van der Waals surface area contributed by atoms with Gasteiger partial charge in [-0.05, 0) is 61.9 Å². The normalized spacial score (nSPS) is 12.4. The Morgan fingerprint density at radius 3 is 2.23 bits per heavy atom. The molecule has 3 aromatic carbocycles. The number of carbonyl (C=O) groups excluding carboxylic acids is 1. The van der Waals surface area contributed by atoms with Crippen molar-refractivity contribution >= 4 is 17.4 Å². The Bertz CT molecular complexity index is 1090. The number of hydrogen-bond acceptors (Lipinski definition) is 3. The van der Waals surface area contributed by atoms with Gasteiger partial charge in [0.25, 0.3) is 0 Å². The van der Waals surface area contributed by atoms with Crippen LogP contribution >= 0.6 is 11.6 Å². The van der Waals surface area contributed by atoms with Gasteiger partial charge in [0.2, 0.25) is 0 Å². The first kappa shape index (κ1) is 22.6. The van der Waals surface area contributed by atoms with Gasteiger partial charge < -0.3 is 9.47 Å². The molecule has 0 N–H and O–H groups in total. The third-order valence-electron chi connectivity index (χ3n) is 4.47. The summed E-state index contributed by atoms with van der Waals surface area (Å²) in [5, 5.41) is -0.211. The molecule has 0 aliphatic rings. The van der Waals surface area contributed by atoms with Crippen LogP contribution in [0.5, 0.6) is 17.2 Å². The zero-order chi connectivity index (χ0) is 22.8. The van der Waals surface area contributed by atoms with Crippen LogP contribution in [-0.2, 0) is 11.0 Å². The van der Waals surface area contributed by atoms with E-state index in [2.05, 4.69) is 0 Å². The summed E-state index contributed by atoms with van der Waals surface area (Å²) in [5.74, 6) is -0.0646. The molecule has 31 heavy (non-hydrogen) atoms. The van der Waals surface area contributed by atoms with E-state index in [1.54, 1.807) is 31.2 Å². The quantitative estimate of drug-likeness (QED) is 0.368. The second-order valence-electron chi connectivity index (χ2n) is 6.78. The second-order valence-corrected chi connectivity index (χ2v) is 7.19. The summed E-state index contributed by atoms with van der Waals surface area (Å²) < 4.78 is 63.2. The Kier molecular flexibility index (Phi) is 6.55. The number of rotatable bonds is 6. The summed E-state index contributed by atoms with van der Waals surface area (Å²) in [6, 6.07) is 13.2. The number of ketones is 1. The lowest BCUT2D eigenvalue weighted by Crippen LogP contribution is -2.21. The molecule has 0 saturated carbocycles. The van der Waals surface area contributed by atoms with E-state index in [-0.39, 0.29) is 28.1 Å². The largest absolute Gasteiger partial charge is 0.482 e. The lowest BCUT2D eigenvalue weighted by molar-refractivity contribution is -0.137. The van der Waals surface area contributed by atoms with Gasteiger partial charge in [0.15, 0.2) is 11.9 Å². The Hall–Kier alpha value is -3.06. The van der Waals surface area contributed by atoms with Gasteiger partial charge in [-0.15, -0.1) is 0 Å². The van der Waals surface area contributed by atoms with Gasteiger partial charge >= 0.3 is 6.18 Å². The van der Waals surface area contributed by atoms with Gasteiger partial charge in [0.1, 0.15) is 23.1 Å². The highest BCUT2D eigenvalue weighted by molar-refractivity contribution is 6.32. The van der Waals surface area contributed by atoms with E-state index in [0.29, 0.717) is 11.1 Å². The van der Waals surface area contributed by atoms with E-state index in [1.165, 1.54) is 25.1 Å². The van der Waals surface area contributed by atoms with Gasteiger partial charge in [0, 0.05) is 11.6 Å². The first-order valence-electron chi connectivity index (χ1n) is 9.16. The maximum atomic E-state index is 13.3. The molecular weight excluding hydrogens is 436 g/mol. The molecule has 0 aliphatic heterocycles. The molecule has 8 heteroatoms. The summed E-state index contributed by atoms with van der Waals surface area (Å²) in [6.45, 7) is 2.96. The SMILES string of the molecule is CC(=O)C(C)Oc1cc(Oc2ccc(C(F)(F)F)cc2Cl)ccc1-c1ccc(F)cc1. The van der Waals surface area contributed by atoms with E-state index in [9.17, 15) is 22.4 Å². The van der Waals surface area contributed by atoms with Crippen LogP contribution in [0.1, 0.15) is 19.4 Å². The fourth-order valence-corrected chi connectivity index (χ4v) is 2.91. The predicted octanol–water partition coefficient (Wildman–Crippen LogP) is 7.31. The molecule has 0 aromatic heterocycles. The molecule has 3 rings (SSSR count). The number of carbonyl (C=O) groups is 1. The van der Waals surface area contributed by atoms with Crippen LogP contribution in [0.15, 0.2) is 60.7 Å². The Balaban J connectivity index is 1.96. The monoisotopic (exact) mass is 452 g/mol. The van der Waals surface area contributed by atoms with Crippen molar-refractivity contribution in [2.75, 3.05) is 0 Å². The molecule has 0 aliphatic carbocycles. The van der Waals surface area contributed by atoms with Crippen molar-refractivity contribution in [3.63, 3.8) is 0 Å². The highest BCUT2D eigenvalue weighted by Crippen LogP contribution is 2.39. The van der Waals surface area contributed by atoms with Crippen molar-refractivity contribution in [2.45, 2.75) is 26.1 Å². The van der Waals surface area contributed by atoms with E-state index in [1.807, 2.05) is 0 Å². The summed E-state index contributed by atoms with van der Waals surface area (Å²) >= 11 is 5.96. The number of hydrogen-bond donors (Lipinski definition) is 0. The average Bonchev–Trinajstić information content (AvgIpc) is 2.69. The molecule has 0 heterocycles. The van der Waals surface area contributed by atoms with Crippen molar-refractivity contribution in [2.24, 2.45) is 0 Å². The molecule has 3 aromatic rings. The first-order chi connectivity index (χ1) is 14.5. The van der Waals surface area contributed by atoms with Crippen molar-refractivity contribution in [3.05, 3.63) is 77.1 Å². The first-order valence-corrected chi connectivity index (χ1v) is 9.54. The zero-order valence-corrected chi connectivity index (χ0v) is 17.2. The van der Waals surface area contributed by atoms with Gasteiger partial charge in [-0.1, -0.05) is 23.7 Å². The van der Waals surface area contributed by atoms with E-state index < -0.39 is 23.7 Å². The zero-order valence-electron chi connectivity index (χ0n) is 16.5. The minimum atomic E-state index is -4.52. The minimum absolute atomic E-state index is 0.0229. The lowest BCUT2D eigenvalue weighted by Gasteiger charge is -2.17. The Morgan fingerprint density at radius 2 is 1.65 bits per heavy atom. The third-order valence-corrected chi connectivity index (χ3v) is 4.77. The average molecular weight is 453 g/mol. The van der Waals surface area contributed by atoms with Crippen molar-refractivity contribution in [1.82, 2.24) is 0 Å². The number of ether oxygens (including phenoxy) is 2. The number of benzene rings is 3. The Labute approximate surface area is 181 Å². The minimum Gasteiger partial charge on any atom is -0.482 e. The van der Waals surface area contributed by atoms with Crippen LogP contribution < -0.4 is 9.47 Å². The van der Waals surface area contributed by atoms with Crippen LogP contribution in [-0.4, -0.2) is 11.9 Å². The van der Waals surface area contributed by atoms with E-state index in [0.717, 1.165) is 18.2 Å². The topological polar surface area (TPSA) is 35.5 Å². The number of alkyl halides is 3. The summed E-state index contributed by atoms with van der Waals surface area (Å²) in [5.41, 5.74) is 0.334. The summed E-state index contributed by atoms with van der Waals surface area (Å²) in [7, 11) is 0. The molecular formula is C23H17ClF4O3. The standard InChI is InChI=1S/C23H17ClF4O3/c1-13(29)14(2)30-22-12-18(8-9-19(22)15-3-6-17(25)7-4-15)31-21-10-5-16(11-20(21)24)23(26,27)28/h3-12,14H,1-2H3. The van der Waals surface area contributed by atoms with Gasteiger partial charge in [0.05, 0.1) is 10.6 Å². The molecule has 1 atom stereocenters. The Morgan fingerprint density at radius 1 is 0.968 bits per heavy atom. The van der Waals surface area contributed by atoms with Crippen LogP contribution in [0, 0.1) is 5.82 Å².